The maximum Gasteiger partial charge on any atom is 0.322 e. The van der Waals surface area contributed by atoms with Crippen LogP contribution in [0.3, 0.4) is 0 Å². The van der Waals surface area contributed by atoms with Gasteiger partial charge in [0.1, 0.15) is 23.9 Å². The van der Waals surface area contributed by atoms with E-state index in [0.717, 1.165) is 17.8 Å². The summed E-state index contributed by atoms with van der Waals surface area (Å²) in [5, 5.41) is 2.39. The number of nitrogens with one attached hydrogen (secondary N) is 1. The molecule has 3 rings (SSSR count). The number of aromatic nitrogens is 1. The molecule has 0 radical (unpaired) electrons. The number of methoxy groups -OCH3 is 1. The summed E-state index contributed by atoms with van der Waals surface area (Å²) in [4.78, 5) is 28.8. The van der Waals surface area contributed by atoms with Gasteiger partial charge in [-0.2, -0.15) is 0 Å². The third kappa shape index (κ3) is 6.66. The Morgan fingerprint density at radius 2 is 1.94 bits per heavy atom. The lowest BCUT2D eigenvalue weighted by molar-refractivity contribution is -0.133. The van der Waals surface area contributed by atoms with Crippen LogP contribution in [-0.4, -0.2) is 53.1 Å². The maximum absolute atomic E-state index is 14.0. The van der Waals surface area contributed by atoms with Gasteiger partial charge in [0, 0.05) is 38.7 Å². The van der Waals surface area contributed by atoms with Crippen LogP contribution in [0.2, 0.25) is 0 Å². The van der Waals surface area contributed by atoms with E-state index in [9.17, 15) is 18.4 Å². The second-order valence-electron chi connectivity index (χ2n) is 7.41. The van der Waals surface area contributed by atoms with Gasteiger partial charge in [-0.05, 0) is 36.4 Å². The predicted molar refractivity (Wildman–Crippen MR) is 117 cm³/mol. The average molecular weight is 460 g/mol. The fraction of sp³-hybridized carbons (Fsp3) is 0.304. The Labute approximate surface area is 190 Å². The van der Waals surface area contributed by atoms with E-state index < -0.39 is 17.7 Å². The van der Waals surface area contributed by atoms with E-state index in [1.165, 1.54) is 18.3 Å². The molecule has 0 saturated heterocycles. The van der Waals surface area contributed by atoms with Gasteiger partial charge in [-0.1, -0.05) is 0 Å². The van der Waals surface area contributed by atoms with Crippen molar-refractivity contribution in [2.45, 2.75) is 13.1 Å². The molecule has 0 aliphatic carbocycles. The van der Waals surface area contributed by atoms with Gasteiger partial charge in [-0.15, -0.1) is 0 Å². The van der Waals surface area contributed by atoms with Crippen molar-refractivity contribution in [3.8, 4) is 0 Å². The number of carbonyl (C=O) groups excluding carboxylic acids is 2. The van der Waals surface area contributed by atoms with E-state index in [1.807, 2.05) is 29.9 Å². The molecule has 1 N–H and O–H groups in total. The molecule has 0 fully saturated rings. The van der Waals surface area contributed by atoms with Gasteiger partial charge in [0.05, 0.1) is 31.6 Å². The molecule has 176 valence electrons. The minimum absolute atomic E-state index is 0.0929. The van der Waals surface area contributed by atoms with Crippen LogP contribution in [0.4, 0.5) is 19.3 Å². The Morgan fingerprint density at radius 3 is 2.58 bits per heavy atom. The average Bonchev–Trinajstić information content (AvgIpc) is 3.44. The molecule has 8 nitrogen and oxygen atoms in total. The molecule has 2 heterocycles. The lowest BCUT2D eigenvalue weighted by atomic mass is 10.3. The third-order valence-electron chi connectivity index (χ3n) is 5.04. The summed E-state index contributed by atoms with van der Waals surface area (Å²) in [6, 6.07) is 9.39. The van der Waals surface area contributed by atoms with E-state index in [-0.39, 0.29) is 37.8 Å². The van der Waals surface area contributed by atoms with Crippen LogP contribution in [0, 0.1) is 11.6 Å². The zero-order valence-electron chi connectivity index (χ0n) is 18.5. The Balaban J connectivity index is 1.75. The van der Waals surface area contributed by atoms with Crippen LogP contribution in [0.25, 0.3) is 0 Å². The molecule has 0 bridgehead atoms. The second-order valence-corrected chi connectivity index (χ2v) is 7.41. The number of urea groups is 1. The quantitative estimate of drug-likeness (QED) is 0.501. The number of hydrogen-bond acceptors (Lipinski definition) is 4. The summed E-state index contributed by atoms with van der Waals surface area (Å²) in [5.41, 5.74) is 0.712. The topological polar surface area (TPSA) is 80.0 Å². The summed E-state index contributed by atoms with van der Waals surface area (Å²) in [7, 11) is 3.34. The maximum atomic E-state index is 14.0. The van der Waals surface area contributed by atoms with Crippen molar-refractivity contribution >= 4 is 17.6 Å². The summed E-state index contributed by atoms with van der Waals surface area (Å²) in [5.74, 6) is -1.41. The number of anilines is 1. The van der Waals surface area contributed by atoms with Gasteiger partial charge in [0.2, 0.25) is 5.91 Å². The Kier molecular flexibility index (Phi) is 8.20. The number of amides is 3. The monoisotopic (exact) mass is 460 g/mol. The minimum Gasteiger partial charge on any atom is -0.467 e. The molecule has 0 saturated carbocycles. The zero-order valence-corrected chi connectivity index (χ0v) is 18.5. The number of nitrogens with zero attached hydrogens (tertiary/aromatic N) is 3. The highest BCUT2D eigenvalue weighted by Gasteiger charge is 2.23. The fourth-order valence-corrected chi connectivity index (χ4v) is 3.18. The van der Waals surface area contributed by atoms with Gasteiger partial charge in [-0.25, -0.2) is 13.6 Å². The van der Waals surface area contributed by atoms with Crippen molar-refractivity contribution in [3.05, 3.63) is 78.0 Å². The van der Waals surface area contributed by atoms with Crippen LogP contribution in [0.5, 0.6) is 0 Å². The van der Waals surface area contributed by atoms with E-state index in [0.29, 0.717) is 18.4 Å². The zero-order chi connectivity index (χ0) is 23.8. The highest BCUT2D eigenvalue weighted by Crippen LogP contribution is 2.16. The summed E-state index contributed by atoms with van der Waals surface area (Å²) >= 11 is 0. The first-order chi connectivity index (χ1) is 15.9. The number of halogens is 2. The normalized spacial score (nSPS) is 10.8. The molecular weight excluding hydrogens is 434 g/mol. The SMILES string of the molecule is COCCN(CC(=O)N(Cc1ccco1)Cc1cccn1C)C(=O)Nc1ccc(F)cc1F. The van der Waals surface area contributed by atoms with Crippen molar-refractivity contribution < 1.29 is 27.5 Å². The molecule has 0 unspecified atom stereocenters. The number of benzene rings is 1. The van der Waals surface area contributed by atoms with Gasteiger partial charge in [0.15, 0.2) is 0 Å². The van der Waals surface area contributed by atoms with Crippen molar-refractivity contribution in [2.75, 3.05) is 32.1 Å². The smallest absolute Gasteiger partial charge is 0.322 e. The second kappa shape index (κ2) is 11.3. The molecule has 0 atom stereocenters. The Hall–Kier alpha value is -3.66. The van der Waals surface area contributed by atoms with Crippen molar-refractivity contribution in [1.82, 2.24) is 14.4 Å². The number of hydrogen-bond donors (Lipinski definition) is 1. The van der Waals surface area contributed by atoms with Crippen LogP contribution in [0.15, 0.2) is 59.3 Å². The predicted octanol–water partition coefficient (Wildman–Crippen LogP) is 3.61. The lowest BCUT2D eigenvalue weighted by Crippen LogP contribution is -2.45. The molecule has 0 aliphatic heterocycles. The molecule has 10 heteroatoms. The largest absolute Gasteiger partial charge is 0.467 e. The van der Waals surface area contributed by atoms with Gasteiger partial charge in [-0.3, -0.25) is 4.79 Å². The van der Waals surface area contributed by atoms with Crippen LogP contribution in [-0.2, 0) is 29.7 Å². The number of carbonyl (C=O) groups is 2. The number of rotatable bonds is 10. The van der Waals surface area contributed by atoms with Gasteiger partial charge < -0.3 is 28.8 Å². The molecule has 1 aromatic carbocycles. The molecule has 3 aromatic rings. The van der Waals surface area contributed by atoms with E-state index in [2.05, 4.69) is 5.32 Å². The van der Waals surface area contributed by atoms with E-state index in [1.54, 1.807) is 17.0 Å². The third-order valence-corrected chi connectivity index (χ3v) is 5.04. The first kappa shape index (κ1) is 24.0. The van der Waals surface area contributed by atoms with Gasteiger partial charge >= 0.3 is 6.03 Å². The summed E-state index contributed by atoms with van der Waals surface area (Å²) in [6.45, 7) is 0.500. The number of furan rings is 1. The molecule has 33 heavy (non-hydrogen) atoms. The van der Waals surface area contributed by atoms with Crippen LogP contribution < -0.4 is 5.32 Å². The van der Waals surface area contributed by atoms with E-state index in [4.69, 9.17) is 9.15 Å². The van der Waals surface area contributed by atoms with Crippen molar-refractivity contribution in [3.63, 3.8) is 0 Å². The molecule has 3 amide bonds. The number of ether oxygens (including phenoxy) is 1. The highest BCUT2D eigenvalue weighted by atomic mass is 19.1. The Morgan fingerprint density at radius 1 is 1.12 bits per heavy atom. The summed E-state index contributed by atoms with van der Waals surface area (Å²) in [6.07, 6.45) is 3.40. The minimum atomic E-state index is -0.912. The molecule has 0 spiro atoms. The van der Waals surface area contributed by atoms with Gasteiger partial charge in [0.25, 0.3) is 0 Å². The molecule has 0 aliphatic rings. The Bertz CT molecular complexity index is 1070. The number of aryl methyl sites for hydroxylation is 1. The summed E-state index contributed by atoms with van der Waals surface area (Å²) < 4.78 is 39.5. The van der Waals surface area contributed by atoms with E-state index >= 15 is 0 Å². The molecular formula is C23H26F2N4O4. The fourth-order valence-electron chi connectivity index (χ4n) is 3.18. The standard InChI is InChI=1S/C23H26F2N4O4/c1-27-9-3-5-18(27)14-29(15-19-6-4-11-33-19)22(30)16-28(10-12-32-2)23(31)26-21-8-7-17(24)13-20(21)25/h3-9,11,13H,10,12,14-16H2,1-2H3,(H,26,31). The first-order valence-corrected chi connectivity index (χ1v) is 10.3. The van der Waals surface area contributed by atoms with Crippen LogP contribution >= 0.6 is 0 Å². The van der Waals surface area contributed by atoms with Crippen molar-refractivity contribution in [2.24, 2.45) is 7.05 Å². The first-order valence-electron chi connectivity index (χ1n) is 10.3. The molecule has 2 aromatic heterocycles. The highest BCUT2D eigenvalue weighted by molar-refractivity contribution is 5.92. The van der Waals surface area contributed by atoms with Crippen molar-refractivity contribution in [1.29, 1.82) is 0 Å². The van der Waals surface area contributed by atoms with Crippen LogP contribution in [0.1, 0.15) is 11.5 Å². The lowest BCUT2D eigenvalue weighted by Gasteiger charge is -2.27.